The number of fused-ring (bicyclic) bond motifs is 1. The second kappa shape index (κ2) is 7.87. The van der Waals surface area contributed by atoms with E-state index in [1.54, 1.807) is 19.1 Å². The summed E-state index contributed by atoms with van der Waals surface area (Å²) in [6.07, 6.45) is 4.72. The minimum atomic E-state index is -0.605. The molecule has 0 fully saturated rings. The maximum atomic E-state index is 12.8. The molecule has 0 aliphatic heterocycles. The molecule has 1 aliphatic carbocycles. The predicted octanol–water partition coefficient (Wildman–Crippen LogP) is 4.27. The van der Waals surface area contributed by atoms with Crippen LogP contribution in [0.2, 0.25) is 0 Å². The number of anilines is 1. The Morgan fingerprint density at radius 1 is 1.22 bits per heavy atom. The Morgan fingerprint density at radius 3 is 2.67 bits per heavy atom. The van der Waals surface area contributed by atoms with Crippen LogP contribution in [0.15, 0.2) is 18.2 Å². The second-order valence-electron chi connectivity index (χ2n) is 6.44. The Labute approximate surface area is 160 Å². The molecule has 7 nitrogen and oxygen atoms in total. The first-order valence-electron chi connectivity index (χ1n) is 8.72. The van der Waals surface area contributed by atoms with E-state index in [0.29, 0.717) is 16.1 Å². The van der Waals surface area contributed by atoms with Gasteiger partial charge in [0.15, 0.2) is 0 Å². The average molecular weight is 388 g/mol. The molecule has 1 aliphatic rings. The summed E-state index contributed by atoms with van der Waals surface area (Å²) in [6.45, 7) is 1.59. The molecular weight excluding hydrogens is 368 g/mol. The number of nitrogens with one attached hydrogen (secondary N) is 1. The fourth-order valence-corrected chi connectivity index (χ4v) is 4.68. The van der Waals surface area contributed by atoms with Crippen LogP contribution in [0.1, 0.15) is 56.0 Å². The number of para-hydroxylation sites is 1. The topological polar surface area (TPSA) is 98.5 Å². The van der Waals surface area contributed by atoms with Crippen LogP contribution < -0.4 is 5.32 Å². The molecule has 0 atom stereocenters. The predicted molar refractivity (Wildman–Crippen MR) is 103 cm³/mol. The summed E-state index contributed by atoms with van der Waals surface area (Å²) < 4.78 is 4.92. The van der Waals surface area contributed by atoms with E-state index >= 15 is 0 Å². The zero-order valence-corrected chi connectivity index (χ0v) is 16.0. The van der Waals surface area contributed by atoms with Crippen molar-refractivity contribution in [2.24, 2.45) is 0 Å². The maximum Gasteiger partial charge on any atom is 0.341 e. The Bertz CT molecular complexity index is 919. The smallest absolute Gasteiger partial charge is 0.341 e. The van der Waals surface area contributed by atoms with Gasteiger partial charge in [0.05, 0.1) is 17.6 Å². The molecule has 0 saturated carbocycles. The standard InChI is InChI=1S/C19H20N2O5S/c1-11-7-6-9-13(16(11)21(24)25)17(22)20-18-15(19(23)26-2)12-8-4-3-5-10-14(12)27-18/h6-7,9H,3-5,8,10H2,1-2H3,(H,20,22). The number of ether oxygens (including phenoxy) is 1. The third-order valence-electron chi connectivity index (χ3n) is 4.70. The van der Waals surface area contributed by atoms with Gasteiger partial charge >= 0.3 is 5.97 Å². The van der Waals surface area contributed by atoms with Crippen LogP contribution >= 0.6 is 11.3 Å². The van der Waals surface area contributed by atoms with Crippen LogP contribution in [0.3, 0.4) is 0 Å². The van der Waals surface area contributed by atoms with Gasteiger partial charge in [0.25, 0.3) is 11.6 Å². The molecule has 1 amide bonds. The van der Waals surface area contributed by atoms with Gasteiger partial charge in [0, 0.05) is 10.4 Å². The third kappa shape index (κ3) is 3.71. The number of carbonyl (C=O) groups is 2. The number of thiophene rings is 1. The number of methoxy groups -OCH3 is 1. The lowest BCUT2D eigenvalue weighted by Gasteiger charge is -2.08. The van der Waals surface area contributed by atoms with E-state index in [9.17, 15) is 19.7 Å². The number of nitro benzene ring substituents is 1. The van der Waals surface area contributed by atoms with Crippen LogP contribution in [-0.4, -0.2) is 23.9 Å². The van der Waals surface area contributed by atoms with Gasteiger partial charge in [-0.1, -0.05) is 18.6 Å². The summed E-state index contributed by atoms with van der Waals surface area (Å²) in [6, 6.07) is 4.60. The monoisotopic (exact) mass is 388 g/mol. The minimum Gasteiger partial charge on any atom is -0.465 e. The SMILES string of the molecule is COC(=O)c1c(NC(=O)c2cccc(C)c2[N+](=O)[O-])sc2c1CCCCC2. The van der Waals surface area contributed by atoms with E-state index in [4.69, 9.17) is 4.74 Å². The fraction of sp³-hybridized carbons (Fsp3) is 0.368. The molecule has 0 bridgehead atoms. The molecule has 1 N–H and O–H groups in total. The highest BCUT2D eigenvalue weighted by Crippen LogP contribution is 2.38. The first-order valence-corrected chi connectivity index (χ1v) is 9.54. The number of amides is 1. The van der Waals surface area contributed by atoms with E-state index in [2.05, 4.69) is 5.32 Å². The zero-order valence-electron chi connectivity index (χ0n) is 15.2. The Kier molecular flexibility index (Phi) is 5.55. The number of aryl methyl sites for hydroxylation is 2. The van der Waals surface area contributed by atoms with Crippen molar-refractivity contribution < 1.29 is 19.2 Å². The Balaban J connectivity index is 2.01. The van der Waals surface area contributed by atoms with Crippen LogP contribution in [0.5, 0.6) is 0 Å². The molecule has 1 heterocycles. The van der Waals surface area contributed by atoms with Crippen LogP contribution in [-0.2, 0) is 17.6 Å². The number of hydrogen-bond acceptors (Lipinski definition) is 6. The van der Waals surface area contributed by atoms with E-state index < -0.39 is 16.8 Å². The first-order chi connectivity index (χ1) is 12.9. The number of carbonyl (C=O) groups excluding carboxylic acids is 2. The average Bonchev–Trinajstić information content (AvgIpc) is 2.81. The minimum absolute atomic E-state index is 0.0283. The van der Waals surface area contributed by atoms with Crippen molar-refractivity contribution in [1.82, 2.24) is 0 Å². The van der Waals surface area contributed by atoms with Crippen LogP contribution in [0.4, 0.5) is 10.7 Å². The summed E-state index contributed by atoms with van der Waals surface area (Å²) >= 11 is 1.36. The molecule has 3 rings (SSSR count). The molecular formula is C19H20N2O5S. The molecule has 1 aromatic heterocycles. The normalized spacial score (nSPS) is 13.4. The van der Waals surface area contributed by atoms with Crippen molar-refractivity contribution in [3.63, 3.8) is 0 Å². The lowest BCUT2D eigenvalue weighted by atomic mass is 10.1. The zero-order chi connectivity index (χ0) is 19.6. The Morgan fingerprint density at radius 2 is 1.96 bits per heavy atom. The second-order valence-corrected chi connectivity index (χ2v) is 7.55. The fourth-order valence-electron chi connectivity index (χ4n) is 3.40. The number of hydrogen-bond donors (Lipinski definition) is 1. The lowest BCUT2D eigenvalue weighted by Crippen LogP contribution is -2.16. The van der Waals surface area contributed by atoms with E-state index in [0.717, 1.165) is 42.5 Å². The van der Waals surface area contributed by atoms with Gasteiger partial charge in [-0.2, -0.15) is 0 Å². The highest BCUT2D eigenvalue weighted by Gasteiger charge is 2.28. The number of benzene rings is 1. The molecule has 142 valence electrons. The molecule has 0 spiro atoms. The highest BCUT2D eigenvalue weighted by atomic mass is 32.1. The van der Waals surface area contributed by atoms with Crippen molar-refractivity contribution in [1.29, 1.82) is 0 Å². The molecule has 2 aromatic rings. The van der Waals surface area contributed by atoms with Crippen molar-refractivity contribution >= 4 is 33.9 Å². The van der Waals surface area contributed by atoms with Gasteiger partial charge in [-0.3, -0.25) is 14.9 Å². The lowest BCUT2D eigenvalue weighted by molar-refractivity contribution is -0.385. The van der Waals surface area contributed by atoms with Gasteiger partial charge in [0.1, 0.15) is 10.6 Å². The summed E-state index contributed by atoms with van der Waals surface area (Å²) in [5.41, 5.74) is 1.45. The van der Waals surface area contributed by atoms with Crippen LogP contribution in [0.25, 0.3) is 0 Å². The summed E-state index contributed by atoms with van der Waals surface area (Å²) in [4.78, 5) is 37.0. The Hall–Kier alpha value is -2.74. The van der Waals surface area contributed by atoms with E-state index in [-0.39, 0.29) is 11.3 Å². The summed E-state index contributed by atoms with van der Waals surface area (Å²) in [7, 11) is 1.31. The summed E-state index contributed by atoms with van der Waals surface area (Å²) in [5, 5.41) is 14.5. The van der Waals surface area contributed by atoms with Gasteiger partial charge < -0.3 is 10.1 Å². The van der Waals surface area contributed by atoms with Gasteiger partial charge in [-0.25, -0.2) is 4.79 Å². The number of nitrogens with zero attached hydrogens (tertiary/aromatic N) is 1. The first kappa shape index (κ1) is 19.0. The summed E-state index contributed by atoms with van der Waals surface area (Å²) in [5.74, 6) is -1.10. The number of nitro groups is 1. The molecule has 8 heteroatoms. The van der Waals surface area contributed by atoms with Gasteiger partial charge in [0.2, 0.25) is 0 Å². The van der Waals surface area contributed by atoms with E-state index in [1.165, 1.54) is 24.5 Å². The van der Waals surface area contributed by atoms with Crippen LogP contribution in [0, 0.1) is 17.0 Å². The highest BCUT2D eigenvalue weighted by molar-refractivity contribution is 7.17. The van der Waals surface area contributed by atoms with Crippen molar-refractivity contribution in [2.45, 2.75) is 39.0 Å². The molecule has 0 saturated heterocycles. The molecule has 1 aromatic carbocycles. The largest absolute Gasteiger partial charge is 0.465 e. The van der Waals surface area contributed by atoms with Crippen molar-refractivity contribution in [2.75, 3.05) is 12.4 Å². The molecule has 0 unspecified atom stereocenters. The van der Waals surface area contributed by atoms with Crippen molar-refractivity contribution in [3.05, 3.63) is 55.4 Å². The third-order valence-corrected chi connectivity index (χ3v) is 5.91. The van der Waals surface area contributed by atoms with Crippen molar-refractivity contribution in [3.8, 4) is 0 Å². The molecule has 27 heavy (non-hydrogen) atoms. The van der Waals surface area contributed by atoms with E-state index in [1.807, 2.05) is 0 Å². The van der Waals surface area contributed by atoms with Gasteiger partial charge in [-0.05, 0) is 44.2 Å². The number of esters is 1. The van der Waals surface area contributed by atoms with Gasteiger partial charge in [-0.15, -0.1) is 11.3 Å². The molecule has 0 radical (unpaired) electrons. The maximum absolute atomic E-state index is 12.8. The number of rotatable bonds is 4. The quantitative estimate of drug-likeness (QED) is 0.365.